The van der Waals surface area contributed by atoms with Crippen molar-refractivity contribution < 1.29 is 8.83 Å². The van der Waals surface area contributed by atoms with Crippen LogP contribution in [-0.2, 0) is 32.5 Å². The summed E-state index contributed by atoms with van der Waals surface area (Å²) in [7, 11) is 0. The third kappa shape index (κ3) is 10.4. The predicted octanol–water partition coefficient (Wildman–Crippen LogP) is 5.30. The maximum Gasteiger partial charge on any atom is 0.437 e. The first-order chi connectivity index (χ1) is 27.5. The topological polar surface area (TPSA) is 202 Å². The minimum atomic E-state index is -0.655. The number of halogens is 3. The third-order valence-electron chi connectivity index (χ3n) is 8.42. The number of hydrogen-bond donors (Lipinski definition) is 1. The van der Waals surface area contributed by atoms with Crippen LogP contribution >= 0.6 is 39.1 Å². The molecule has 57 heavy (non-hydrogen) atoms. The number of aromatic amines is 1. The second-order valence-electron chi connectivity index (χ2n) is 12.5. The van der Waals surface area contributed by atoms with Crippen LogP contribution in [0.1, 0.15) is 34.0 Å². The third-order valence-corrected chi connectivity index (χ3v) is 9.32. The molecule has 0 aliphatic carbocycles. The fraction of sp³-hybridized carbons (Fsp3) is 0.211. The molecular formula is C38H33BrCl2N10O6. The Bertz CT molecular complexity index is 2870. The van der Waals surface area contributed by atoms with Crippen LogP contribution in [0.4, 0.5) is 0 Å². The molecule has 0 saturated heterocycles. The standard InChI is InChI=1S/C19H16ClN5O3.C11H9N5O3.C8H8BrCl/c1-12-8-21-9-15-17(12)18(26)24(11-22-15)10-16-23-25(19(27)28-16)7-6-13-2-4-14(20)5-3-13;1-6-2-12-3-7-9(6)10(17)16(5-13-7)4-8-14-15-11(18)19-8;9-6-5-7-1-3-8(10)4-2-7/h2-5,8-9,11H,6-7,10H2,1H3;2-3,5H,4H2,1H3,(H,15,18);1-4H,5-6H2. The zero-order chi connectivity index (χ0) is 40.5. The monoisotopic (exact) mass is 874 g/mol. The van der Waals surface area contributed by atoms with Crippen molar-refractivity contribution in [3.05, 3.63) is 172 Å². The van der Waals surface area contributed by atoms with Gasteiger partial charge in [-0.2, -0.15) is 4.68 Å². The fourth-order valence-corrected chi connectivity index (χ4v) is 6.27. The number of hydrogen-bond acceptors (Lipinski definition) is 12. The summed E-state index contributed by atoms with van der Waals surface area (Å²) in [6.07, 6.45) is 10.7. The molecule has 8 rings (SSSR count). The smallest absolute Gasteiger partial charge is 0.390 e. The van der Waals surface area contributed by atoms with Crippen LogP contribution in [0.5, 0.6) is 0 Å². The van der Waals surface area contributed by atoms with Gasteiger partial charge < -0.3 is 8.83 Å². The number of aromatic nitrogens is 10. The van der Waals surface area contributed by atoms with Gasteiger partial charge in [-0.15, -0.1) is 10.2 Å². The van der Waals surface area contributed by atoms with Gasteiger partial charge in [-0.3, -0.25) is 28.7 Å². The van der Waals surface area contributed by atoms with Gasteiger partial charge in [-0.25, -0.2) is 24.7 Å². The zero-order valence-electron chi connectivity index (χ0n) is 30.4. The first kappa shape index (κ1) is 40.6. The summed E-state index contributed by atoms with van der Waals surface area (Å²) in [5.74, 6) is -0.945. The van der Waals surface area contributed by atoms with Gasteiger partial charge in [0.1, 0.15) is 13.1 Å². The normalized spacial score (nSPS) is 10.9. The molecule has 0 unspecified atom stereocenters. The highest BCUT2D eigenvalue weighted by Crippen LogP contribution is 2.13. The minimum absolute atomic E-state index is 0.0206. The van der Waals surface area contributed by atoms with Crippen LogP contribution < -0.4 is 22.6 Å². The maximum atomic E-state index is 12.7. The highest BCUT2D eigenvalue weighted by molar-refractivity contribution is 9.09. The van der Waals surface area contributed by atoms with E-state index in [4.69, 9.17) is 32.0 Å². The largest absolute Gasteiger partial charge is 0.437 e. The van der Waals surface area contributed by atoms with Crippen LogP contribution in [0.2, 0.25) is 10.0 Å². The zero-order valence-corrected chi connectivity index (χ0v) is 33.5. The van der Waals surface area contributed by atoms with E-state index >= 15 is 0 Å². The molecule has 0 amide bonds. The Balaban J connectivity index is 0.000000162. The van der Waals surface area contributed by atoms with Crippen molar-refractivity contribution in [1.29, 1.82) is 0 Å². The van der Waals surface area contributed by atoms with Gasteiger partial charge in [0, 0.05) is 27.8 Å². The summed E-state index contributed by atoms with van der Waals surface area (Å²) in [6, 6.07) is 15.3. The Morgan fingerprint density at radius 2 is 1.19 bits per heavy atom. The van der Waals surface area contributed by atoms with Crippen molar-refractivity contribution >= 4 is 60.9 Å². The molecule has 0 saturated carbocycles. The van der Waals surface area contributed by atoms with E-state index in [9.17, 15) is 19.2 Å². The summed E-state index contributed by atoms with van der Waals surface area (Å²) in [5, 5.41) is 13.4. The number of benzene rings is 2. The lowest BCUT2D eigenvalue weighted by atomic mass is 10.1. The molecule has 0 atom stereocenters. The van der Waals surface area contributed by atoms with Gasteiger partial charge in [0.2, 0.25) is 11.8 Å². The van der Waals surface area contributed by atoms with Gasteiger partial charge >= 0.3 is 11.5 Å². The van der Waals surface area contributed by atoms with Crippen molar-refractivity contribution in [3.8, 4) is 0 Å². The van der Waals surface area contributed by atoms with Gasteiger partial charge in [-0.05, 0) is 73.2 Å². The Kier molecular flexibility index (Phi) is 13.3. The van der Waals surface area contributed by atoms with E-state index in [0.29, 0.717) is 39.8 Å². The lowest BCUT2D eigenvalue weighted by molar-refractivity contribution is 0.434. The Morgan fingerprint density at radius 3 is 1.68 bits per heavy atom. The summed E-state index contributed by atoms with van der Waals surface area (Å²) < 4.78 is 13.9. The molecule has 6 heterocycles. The van der Waals surface area contributed by atoms with E-state index in [1.807, 2.05) is 36.4 Å². The summed E-state index contributed by atoms with van der Waals surface area (Å²) in [4.78, 5) is 64.3. The molecule has 16 nitrogen and oxygen atoms in total. The first-order valence-electron chi connectivity index (χ1n) is 17.2. The van der Waals surface area contributed by atoms with Gasteiger partial charge in [0.25, 0.3) is 11.1 Å². The van der Waals surface area contributed by atoms with Crippen molar-refractivity contribution in [2.75, 3.05) is 5.33 Å². The highest BCUT2D eigenvalue weighted by atomic mass is 79.9. The van der Waals surface area contributed by atoms with E-state index in [1.165, 1.54) is 38.2 Å². The number of nitrogens with zero attached hydrogens (tertiary/aromatic N) is 9. The number of nitrogens with one attached hydrogen (secondary N) is 1. The lowest BCUT2D eigenvalue weighted by Crippen LogP contribution is -2.22. The molecule has 0 radical (unpaired) electrons. The molecule has 19 heteroatoms. The number of H-pyrrole nitrogens is 1. The molecule has 0 fully saturated rings. The summed E-state index contributed by atoms with van der Waals surface area (Å²) >= 11 is 14.9. The molecule has 0 bridgehead atoms. The molecule has 0 aliphatic heterocycles. The van der Waals surface area contributed by atoms with Crippen LogP contribution in [0.3, 0.4) is 0 Å². The molecule has 292 valence electrons. The lowest BCUT2D eigenvalue weighted by Gasteiger charge is -2.05. The molecule has 6 aromatic heterocycles. The molecular weight excluding hydrogens is 843 g/mol. The second-order valence-corrected chi connectivity index (χ2v) is 14.2. The number of fused-ring (bicyclic) bond motifs is 2. The average molecular weight is 877 g/mol. The van der Waals surface area contributed by atoms with E-state index < -0.39 is 11.5 Å². The van der Waals surface area contributed by atoms with Crippen LogP contribution in [0, 0.1) is 13.8 Å². The maximum absolute atomic E-state index is 12.7. The van der Waals surface area contributed by atoms with Crippen LogP contribution in [0.15, 0.2) is 114 Å². The van der Waals surface area contributed by atoms with Gasteiger partial charge in [0.05, 0.1) is 53.4 Å². The average Bonchev–Trinajstić information content (AvgIpc) is 3.78. The van der Waals surface area contributed by atoms with Gasteiger partial charge in [-0.1, -0.05) is 63.4 Å². The quantitative estimate of drug-likeness (QED) is 0.184. The second kappa shape index (κ2) is 18.7. The molecule has 2 aromatic carbocycles. The van der Waals surface area contributed by atoms with Crippen molar-refractivity contribution in [2.24, 2.45) is 0 Å². The summed E-state index contributed by atoms with van der Waals surface area (Å²) in [5.41, 5.74) is 4.42. The Labute approximate surface area is 340 Å². The van der Waals surface area contributed by atoms with Crippen LogP contribution in [0.25, 0.3) is 21.8 Å². The highest BCUT2D eigenvalue weighted by Gasteiger charge is 2.13. The van der Waals surface area contributed by atoms with Crippen LogP contribution in [-0.4, -0.2) is 54.4 Å². The van der Waals surface area contributed by atoms with Crippen molar-refractivity contribution in [2.45, 2.75) is 46.3 Å². The SMILES string of the molecule is Cc1cncc2ncn(Cc3n[nH]c(=O)o3)c(=O)c12.Cc1cncc2ncn(Cc3nn(CCc4ccc(Cl)cc4)c(=O)o3)c(=O)c12.Clc1ccc(CCBr)cc1. The minimum Gasteiger partial charge on any atom is -0.390 e. The summed E-state index contributed by atoms with van der Waals surface area (Å²) in [6.45, 7) is 4.01. The Hall–Kier alpha value is -6.04. The Morgan fingerprint density at radius 1 is 0.684 bits per heavy atom. The number of alkyl halides is 1. The number of aryl methyl sites for hydroxylation is 5. The van der Waals surface area contributed by atoms with E-state index in [0.717, 1.165) is 33.5 Å². The van der Waals surface area contributed by atoms with E-state index in [-0.39, 0.29) is 36.0 Å². The predicted molar refractivity (Wildman–Crippen MR) is 217 cm³/mol. The first-order valence-corrected chi connectivity index (χ1v) is 19.1. The van der Waals surface area contributed by atoms with Crippen molar-refractivity contribution in [1.82, 2.24) is 49.0 Å². The van der Waals surface area contributed by atoms with Gasteiger partial charge in [0.15, 0.2) is 0 Å². The molecule has 0 spiro atoms. The fourth-order valence-electron chi connectivity index (χ4n) is 5.56. The number of rotatable bonds is 9. The number of pyridine rings is 2. The molecule has 8 aromatic rings. The van der Waals surface area contributed by atoms with E-state index in [1.54, 1.807) is 44.6 Å². The van der Waals surface area contributed by atoms with E-state index in [2.05, 4.69) is 51.2 Å². The van der Waals surface area contributed by atoms with Crippen molar-refractivity contribution in [3.63, 3.8) is 0 Å². The molecule has 0 aliphatic rings. The molecule has 1 N–H and O–H groups in total.